The van der Waals surface area contributed by atoms with Crippen LogP contribution in [0, 0.1) is 6.92 Å². The molecule has 3 aromatic rings. The molecule has 0 bridgehead atoms. The number of amides is 1. The Morgan fingerprint density at radius 2 is 1.84 bits per heavy atom. The van der Waals surface area contributed by atoms with Crippen molar-refractivity contribution in [1.82, 2.24) is 5.32 Å². The first kappa shape index (κ1) is 17.2. The van der Waals surface area contributed by atoms with E-state index in [1.165, 1.54) is 5.56 Å². The van der Waals surface area contributed by atoms with Gasteiger partial charge in [0.05, 0.1) is 18.6 Å². The van der Waals surface area contributed by atoms with E-state index >= 15 is 0 Å². The summed E-state index contributed by atoms with van der Waals surface area (Å²) in [5.41, 5.74) is 2.19. The number of furan rings is 2. The predicted octanol–water partition coefficient (Wildman–Crippen LogP) is 3.56. The van der Waals surface area contributed by atoms with Gasteiger partial charge in [-0.2, -0.15) is 0 Å². The summed E-state index contributed by atoms with van der Waals surface area (Å²) < 4.78 is 22.9. The molecule has 0 saturated heterocycles. The van der Waals surface area contributed by atoms with E-state index in [1.807, 2.05) is 31.2 Å². The smallest absolute Gasteiger partial charge is 0.287 e. The van der Waals surface area contributed by atoms with Gasteiger partial charge in [0.15, 0.2) is 5.76 Å². The SMILES string of the molecule is Cc1ccc(C[S@@](=O)Cc2ccc(C(=O)NCc3ccco3)o2)cc1. The Kier molecular flexibility index (Phi) is 5.50. The third-order valence-corrected chi connectivity index (χ3v) is 4.90. The molecule has 1 aromatic carbocycles. The van der Waals surface area contributed by atoms with Crippen LogP contribution >= 0.6 is 0 Å². The molecule has 0 aliphatic carbocycles. The molecule has 130 valence electrons. The molecule has 1 amide bonds. The van der Waals surface area contributed by atoms with Crippen LogP contribution < -0.4 is 5.32 Å². The first-order valence-electron chi connectivity index (χ1n) is 7.90. The van der Waals surface area contributed by atoms with Crippen LogP contribution in [-0.2, 0) is 28.9 Å². The van der Waals surface area contributed by atoms with E-state index in [0.717, 1.165) is 5.56 Å². The summed E-state index contributed by atoms with van der Waals surface area (Å²) in [6.07, 6.45) is 1.55. The van der Waals surface area contributed by atoms with E-state index in [4.69, 9.17) is 8.83 Å². The van der Waals surface area contributed by atoms with Gasteiger partial charge in [0.1, 0.15) is 11.5 Å². The summed E-state index contributed by atoms with van der Waals surface area (Å²) in [4.78, 5) is 12.0. The highest BCUT2D eigenvalue weighted by atomic mass is 32.2. The van der Waals surface area contributed by atoms with Gasteiger partial charge in [-0.15, -0.1) is 0 Å². The summed E-state index contributed by atoms with van der Waals surface area (Å²) in [7, 11) is -1.10. The number of carbonyl (C=O) groups excluding carboxylic acids is 1. The summed E-state index contributed by atoms with van der Waals surface area (Å²) in [5, 5.41) is 2.71. The second-order valence-electron chi connectivity index (χ2n) is 5.74. The molecule has 2 aromatic heterocycles. The minimum atomic E-state index is -1.10. The molecule has 0 spiro atoms. The lowest BCUT2D eigenvalue weighted by atomic mass is 10.2. The van der Waals surface area contributed by atoms with Crippen molar-refractivity contribution in [3.8, 4) is 0 Å². The van der Waals surface area contributed by atoms with Crippen molar-refractivity contribution in [3.63, 3.8) is 0 Å². The minimum Gasteiger partial charge on any atom is -0.467 e. The predicted molar refractivity (Wildman–Crippen MR) is 95.3 cm³/mol. The zero-order valence-corrected chi connectivity index (χ0v) is 14.7. The maximum atomic E-state index is 12.3. The fourth-order valence-corrected chi connectivity index (χ4v) is 3.46. The first-order valence-corrected chi connectivity index (χ1v) is 9.39. The molecule has 1 atom stereocenters. The summed E-state index contributed by atoms with van der Waals surface area (Å²) >= 11 is 0. The largest absolute Gasteiger partial charge is 0.467 e. The molecule has 0 unspecified atom stereocenters. The van der Waals surface area contributed by atoms with E-state index in [2.05, 4.69) is 5.32 Å². The van der Waals surface area contributed by atoms with Crippen molar-refractivity contribution in [2.75, 3.05) is 0 Å². The van der Waals surface area contributed by atoms with Gasteiger partial charge in [-0.1, -0.05) is 29.8 Å². The molecule has 2 heterocycles. The summed E-state index contributed by atoms with van der Waals surface area (Å²) in [6.45, 7) is 2.31. The maximum absolute atomic E-state index is 12.3. The zero-order chi connectivity index (χ0) is 17.6. The highest BCUT2D eigenvalue weighted by Gasteiger charge is 2.13. The molecule has 0 radical (unpaired) electrons. The van der Waals surface area contributed by atoms with Gasteiger partial charge in [0.2, 0.25) is 0 Å². The second-order valence-corrected chi connectivity index (χ2v) is 7.20. The fourth-order valence-electron chi connectivity index (χ4n) is 2.33. The van der Waals surface area contributed by atoms with Gasteiger partial charge in [-0.3, -0.25) is 9.00 Å². The Morgan fingerprint density at radius 1 is 1.04 bits per heavy atom. The Bertz CT molecular complexity index is 850. The molecule has 1 N–H and O–H groups in total. The number of nitrogens with one attached hydrogen (secondary N) is 1. The van der Waals surface area contributed by atoms with Crippen LogP contribution in [0.1, 0.15) is 33.2 Å². The number of hydrogen-bond donors (Lipinski definition) is 1. The van der Waals surface area contributed by atoms with E-state index < -0.39 is 10.8 Å². The minimum absolute atomic E-state index is 0.203. The third-order valence-electron chi connectivity index (χ3n) is 3.64. The number of carbonyl (C=O) groups is 1. The Balaban J connectivity index is 1.52. The van der Waals surface area contributed by atoms with Crippen molar-refractivity contribution in [3.05, 3.63) is 83.2 Å². The van der Waals surface area contributed by atoms with E-state index in [0.29, 0.717) is 23.8 Å². The van der Waals surface area contributed by atoms with Crippen LogP contribution in [0.5, 0.6) is 0 Å². The van der Waals surface area contributed by atoms with Crippen LogP contribution in [0.4, 0.5) is 0 Å². The molecule has 0 saturated carbocycles. The lowest BCUT2D eigenvalue weighted by Gasteiger charge is -2.02. The van der Waals surface area contributed by atoms with Crippen molar-refractivity contribution < 1.29 is 17.8 Å². The van der Waals surface area contributed by atoms with Gasteiger partial charge in [-0.05, 0) is 36.8 Å². The molecule has 0 fully saturated rings. The molecule has 0 aliphatic rings. The lowest BCUT2D eigenvalue weighted by molar-refractivity contribution is 0.0919. The molecule has 3 rings (SSSR count). The van der Waals surface area contributed by atoms with Crippen molar-refractivity contribution in [2.45, 2.75) is 25.0 Å². The molecule has 6 heteroatoms. The average Bonchev–Trinajstić information content (AvgIpc) is 3.26. The van der Waals surface area contributed by atoms with Crippen molar-refractivity contribution in [1.29, 1.82) is 0 Å². The van der Waals surface area contributed by atoms with Crippen LogP contribution in [0.3, 0.4) is 0 Å². The van der Waals surface area contributed by atoms with Crippen LogP contribution in [0.15, 0.2) is 63.6 Å². The number of aryl methyl sites for hydroxylation is 1. The standard InChI is InChI=1S/C19H19NO4S/c1-14-4-6-15(7-5-14)12-25(22)13-17-8-9-18(24-17)19(21)20-11-16-3-2-10-23-16/h2-10H,11-13H2,1H3,(H,20,21)/t25-/m1/s1. The van der Waals surface area contributed by atoms with Gasteiger partial charge >= 0.3 is 0 Å². The van der Waals surface area contributed by atoms with Gasteiger partial charge in [0, 0.05) is 16.6 Å². The van der Waals surface area contributed by atoms with E-state index in [-0.39, 0.29) is 17.4 Å². The number of hydrogen-bond acceptors (Lipinski definition) is 4. The van der Waals surface area contributed by atoms with Gasteiger partial charge < -0.3 is 14.2 Å². The first-order chi connectivity index (χ1) is 12.1. The van der Waals surface area contributed by atoms with Gasteiger partial charge in [-0.25, -0.2) is 0 Å². The van der Waals surface area contributed by atoms with Crippen LogP contribution in [-0.4, -0.2) is 10.1 Å². The lowest BCUT2D eigenvalue weighted by Crippen LogP contribution is -2.21. The molecule has 5 nitrogen and oxygen atoms in total. The summed E-state index contributed by atoms with van der Waals surface area (Å²) in [5.74, 6) is 1.81. The molecule has 25 heavy (non-hydrogen) atoms. The summed E-state index contributed by atoms with van der Waals surface area (Å²) in [6, 6.07) is 14.8. The number of benzene rings is 1. The fraction of sp³-hybridized carbons (Fsp3) is 0.211. The number of rotatable bonds is 7. The van der Waals surface area contributed by atoms with Crippen molar-refractivity contribution >= 4 is 16.7 Å². The van der Waals surface area contributed by atoms with Crippen LogP contribution in [0.2, 0.25) is 0 Å². The molecule has 0 aliphatic heterocycles. The normalized spacial score (nSPS) is 12.0. The van der Waals surface area contributed by atoms with Gasteiger partial charge in [0.25, 0.3) is 5.91 Å². The zero-order valence-electron chi connectivity index (χ0n) is 13.9. The average molecular weight is 357 g/mol. The third kappa shape index (κ3) is 4.93. The Labute approximate surface area is 148 Å². The highest BCUT2D eigenvalue weighted by Crippen LogP contribution is 2.13. The van der Waals surface area contributed by atoms with E-state index in [9.17, 15) is 9.00 Å². The molecular formula is C19H19NO4S. The monoisotopic (exact) mass is 357 g/mol. The topological polar surface area (TPSA) is 72.5 Å². The second kappa shape index (κ2) is 7.98. The highest BCUT2D eigenvalue weighted by molar-refractivity contribution is 7.83. The molecular weight excluding hydrogens is 338 g/mol. The Hall–Kier alpha value is -2.60. The quantitative estimate of drug-likeness (QED) is 0.702. The van der Waals surface area contributed by atoms with E-state index in [1.54, 1.807) is 30.5 Å². The Morgan fingerprint density at radius 3 is 2.56 bits per heavy atom. The van der Waals surface area contributed by atoms with Crippen molar-refractivity contribution in [2.24, 2.45) is 0 Å². The maximum Gasteiger partial charge on any atom is 0.287 e. The van der Waals surface area contributed by atoms with Crippen LogP contribution in [0.25, 0.3) is 0 Å².